The van der Waals surface area contributed by atoms with E-state index in [4.69, 9.17) is 9.88 Å². The fraction of sp³-hybridized carbons (Fsp3) is 0.571. The Kier molecular flexibility index (Phi) is 4.26. The van der Waals surface area contributed by atoms with Gasteiger partial charge in [-0.1, -0.05) is 0 Å². The van der Waals surface area contributed by atoms with Crippen molar-refractivity contribution in [2.24, 2.45) is 11.1 Å². The Morgan fingerprint density at radius 1 is 1.30 bits per heavy atom. The minimum atomic E-state index is -3.98. The van der Waals surface area contributed by atoms with Gasteiger partial charge in [-0.25, -0.2) is 13.6 Å². The summed E-state index contributed by atoms with van der Waals surface area (Å²) in [6.45, 7) is 0.722. The number of nitrogens with two attached hydrogens (primary N) is 1. The van der Waals surface area contributed by atoms with Crippen LogP contribution < -0.4 is 10.5 Å². The van der Waals surface area contributed by atoms with Crippen LogP contribution in [0.25, 0.3) is 0 Å². The number of primary sulfonamides is 1. The van der Waals surface area contributed by atoms with Crippen LogP contribution in [0.1, 0.15) is 25.7 Å². The summed E-state index contributed by atoms with van der Waals surface area (Å²) in [5.41, 5.74) is 0.0394. The van der Waals surface area contributed by atoms with Gasteiger partial charge in [-0.05, 0) is 37.8 Å². The predicted octanol–water partition coefficient (Wildman–Crippen LogP) is 1.61. The molecule has 2 fully saturated rings. The summed E-state index contributed by atoms with van der Waals surface area (Å²) < 4.78 is 28.5. The smallest absolute Gasteiger partial charge is 0.293 e. The maximum atomic E-state index is 11.4. The summed E-state index contributed by atoms with van der Waals surface area (Å²) in [4.78, 5) is 10.4. The van der Waals surface area contributed by atoms with Gasteiger partial charge >= 0.3 is 0 Å². The fourth-order valence-electron chi connectivity index (χ4n) is 3.52. The highest BCUT2D eigenvalue weighted by atomic mass is 32.2. The first kappa shape index (κ1) is 16.2. The number of hydrogen-bond donors (Lipinski definition) is 2. The molecule has 23 heavy (non-hydrogen) atoms. The molecular formula is C14H19N3O5S. The van der Waals surface area contributed by atoms with Crippen molar-refractivity contribution in [2.75, 3.05) is 11.9 Å². The van der Waals surface area contributed by atoms with Crippen molar-refractivity contribution >= 4 is 21.4 Å². The number of nitro groups is 1. The van der Waals surface area contributed by atoms with Gasteiger partial charge in [0.15, 0.2) is 0 Å². The van der Waals surface area contributed by atoms with E-state index in [1.807, 2.05) is 0 Å². The molecule has 0 amide bonds. The van der Waals surface area contributed by atoms with Crippen LogP contribution in [0.4, 0.5) is 11.4 Å². The number of anilines is 1. The van der Waals surface area contributed by atoms with Gasteiger partial charge in [-0.15, -0.1) is 0 Å². The second kappa shape index (κ2) is 6.06. The Labute approximate surface area is 134 Å². The average molecular weight is 341 g/mol. The number of sulfonamides is 1. The molecule has 8 nitrogen and oxygen atoms in total. The van der Waals surface area contributed by atoms with E-state index in [9.17, 15) is 18.5 Å². The van der Waals surface area contributed by atoms with Gasteiger partial charge in [0.25, 0.3) is 5.69 Å². The molecule has 9 heteroatoms. The molecule has 1 aliphatic heterocycles. The standard InChI is InChI=1S/C14H19N3O5S/c15-23(20,21)9-4-5-12(13(8-9)17(18)19)16-11-2-1-3-14-10(11)6-7-22-14/h4-5,8,10-11,14,16H,1-3,6-7H2,(H2,15,20,21). The largest absolute Gasteiger partial charge is 0.378 e. The second-order valence-electron chi connectivity index (χ2n) is 6.02. The minimum absolute atomic E-state index is 0.0929. The summed E-state index contributed by atoms with van der Waals surface area (Å²) in [5, 5.41) is 19.5. The molecule has 3 unspecified atom stereocenters. The number of nitrogens with zero attached hydrogens (tertiary/aromatic N) is 1. The van der Waals surface area contributed by atoms with Crippen LogP contribution in [-0.2, 0) is 14.8 Å². The zero-order chi connectivity index (χ0) is 16.6. The Morgan fingerprint density at radius 3 is 2.78 bits per heavy atom. The normalized spacial score (nSPS) is 27.4. The van der Waals surface area contributed by atoms with Crippen LogP contribution in [0.2, 0.25) is 0 Å². The molecule has 3 N–H and O–H groups in total. The molecule has 3 atom stereocenters. The molecule has 1 heterocycles. The number of benzene rings is 1. The van der Waals surface area contributed by atoms with Gasteiger partial charge in [0.2, 0.25) is 10.0 Å². The van der Waals surface area contributed by atoms with Crippen LogP contribution in [0.3, 0.4) is 0 Å². The van der Waals surface area contributed by atoms with E-state index in [0.717, 1.165) is 38.4 Å². The van der Waals surface area contributed by atoms with Crippen molar-refractivity contribution in [2.45, 2.75) is 42.7 Å². The van der Waals surface area contributed by atoms with Crippen molar-refractivity contribution < 1.29 is 18.1 Å². The van der Waals surface area contributed by atoms with Gasteiger partial charge in [-0.2, -0.15) is 0 Å². The summed E-state index contributed by atoms with van der Waals surface area (Å²) >= 11 is 0. The van der Waals surface area contributed by atoms with Gasteiger partial charge in [0.1, 0.15) is 5.69 Å². The van der Waals surface area contributed by atoms with Crippen LogP contribution in [0.5, 0.6) is 0 Å². The first-order valence-electron chi connectivity index (χ1n) is 7.55. The highest BCUT2D eigenvalue weighted by Crippen LogP contribution is 2.37. The summed E-state index contributed by atoms with van der Waals surface area (Å²) in [5.74, 6) is 0.335. The summed E-state index contributed by atoms with van der Waals surface area (Å²) in [6.07, 6.45) is 4.09. The Hall–Kier alpha value is -1.71. The highest BCUT2D eigenvalue weighted by Gasteiger charge is 2.38. The molecule has 0 spiro atoms. The third kappa shape index (κ3) is 3.31. The third-order valence-electron chi connectivity index (χ3n) is 4.62. The van der Waals surface area contributed by atoms with Crippen molar-refractivity contribution in [1.29, 1.82) is 0 Å². The topological polar surface area (TPSA) is 125 Å². The third-order valence-corrected chi connectivity index (χ3v) is 5.53. The second-order valence-corrected chi connectivity index (χ2v) is 7.59. The van der Waals surface area contributed by atoms with E-state index < -0.39 is 14.9 Å². The average Bonchev–Trinajstić information content (AvgIpc) is 2.95. The van der Waals surface area contributed by atoms with Gasteiger partial charge in [0.05, 0.1) is 15.9 Å². The molecule has 0 radical (unpaired) electrons. The van der Waals surface area contributed by atoms with Crippen LogP contribution in [-0.4, -0.2) is 32.1 Å². The lowest BCUT2D eigenvalue weighted by molar-refractivity contribution is -0.384. The molecule has 2 aliphatic rings. The Balaban J connectivity index is 1.88. The van der Waals surface area contributed by atoms with E-state index in [1.54, 1.807) is 0 Å². The summed E-state index contributed by atoms with van der Waals surface area (Å²) in [7, 11) is -3.98. The number of ether oxygens (including phenoxy) is 1. The number of rotatable bonds is 4. The number of hydrogen-bond acceptors (Lipinski definition) is 6. The number of nitro benzene ring substituents is 1. The molecule has 0 aromatic heterocycles. The van der Waals surface area contributed by atoms with Crippen LogP contribution in [0.15, 0.2) is 23.1 Å². The SMILES string of the molecule is NS(=O)(=O)c1ccc(NC2CCCC3OCCC23)c([N+](=O)[O-])c1. The van der Waals surface area contributed by atoms with Crippen molar-refractivity contribution in [3.05, 3.63) is 28.3 Å². The molecule has 0 bridgehead atoms. The molecule has 1 aromatic rings. The molecule has 1 saturated carbocycles. The fourth-order valence-corrected chi connectivity index (χ4v) is 4.05. The lowest BCUT2D eigenvalue weighted by Crippen LogP contribution is -2.38. The zero-order valence-corrected chi connectivity index (χ0v) is 13.3. The minimum Gasteiger partial charge on any atom is -0.378 e. The van der Waals surface area contributed by atoms with E-state index in [0.29, 0.717) is 11.6 Å². The monoisotopic (exact) mass is 341 g/mol. The Bertz CT molecular complexity index is 721. The lowest BCUT2D eigenvalue weighted by Gasteiger charge is -2.33. The van der Waals surface area contributed by atoms with E-state index in [2.05, 4.69) is 5.32 Å². The van der Waals surface area contributed by atoms with Gasteiger partial charge in [-0.3, -0.25) is 10.1 Å². The molecular weight excluding hydrogens is 322 g/mol. The molecule has 126 valence electrons. The highest BCUT2D eigenvalue weighted by molar-refractivity contribution is 7.89. The predicted molar refractivity (Wildman–Crippen MR) is 83.6 cm³/mol. The Morgan fingerprint density at radius 2 is 2.09 bits per heavy atom. The van der Waals surface area contributed by atoms with Gasteiger partial charge in [0, 0.05) is 24.6 Å². The quantitative estimate of drug-likeness (QED) is 0.633. The molecule has 3 rings (SSSR count). The molecule has 1 aromatic carbocycles. The van der Waals surface area contributed by atoms with Crippen LogP contribution >= 0.6 is 0 Å². The first-order valence-corrected chi connectivity index (χ1v) is 9.10. The van der Waals surface area contributed by atoms with Crippen LogP contribution in [0, 0.1) is 16.0 Å². The number of nitrogens with one attached hydrogen (secondary N) is 1. The van der Waals surface area contributed by atoms with Gasteiger partial charge < -0.3 is 10.1 Å². The first-order chi connectivity index (χ1) is 10.9. The van der Waals surface area contributed by atoms with Crippen molar-refractivity contribution in [1.82, 2.24) is 0 Å². The molecule has 1 saturated heterocycles. The molecule has 1 aliphatic carbocycles. The maximum Gasteiger partial charge on any atom is 0.293 e. The van der Waals surface area contributed by atoms with E-state index in [-0.39, 0.29) is 22.7 Å². The maximum absolute atomic E-state index is 11.4. The number of fused-ring (bicyclic) bond motifs is 1. The van der Waals surface area contributed by atoms with Crippen molar-refractivity contribution in [3.8, 4) is 0 Å². The van der Waals surface area contributed by atoms with Crippen molar-refractivity contribution in [3.63, 3.8) is 0 Å². The zero-order valence-electron chi connectivity index (χ0n) is 12.5. The summed E-state index contributed by atoms with van der Waals surface area (Å²) in [6, 6.07) is 3.80. The lowest BCUT2D eigenvalue weighted by atomic mass is 9.81. The van der Waals surface area contributed by atoms with E-state index >= 15 is 0 Å². The van der Waals surface area contributed by atoms with E-state index in [1.165, 1.54) is 12.1 Å².